The summed E-state index contributed by atoms with van der Waals surface area (Å²) in [6.45, 7) is 2.58. The fourth-order valence-electron chi connectivity index (χ4n) is 4.25. The minimum Gasteiger partial charge on any atom is -0.336 e. The van der Waals surface area contributed by atoms with Crippen LogP contribution in [0, 0.1) is 11.8 Å². The van der Waals surface area contributed by atoms with Gasteiger partial charge < -0.3 is 4.98 Å². The van der Waals surface area contributed by atoms with Crippen LogP contribution in [0.3, 0.4) is 0 Å². The molecular weight excluding hydrogens is 268 g/mol. The summed E-state index contributed by atoms with van der Waals surface area (Å²) in [7, 11) is 0. The molecule has 2 bridgehead atoms. The second-order valence-electron chi connectivity index (χ2n) is 6.51. The van der Waals surface area contributed by atoms with Crippen molar-refractivity contribution in [1.82, 2.24) is 19.5 Å². The van der Waals surface area contributed by atoms with Gasteiger partial charge in [0.25, 0.3) is 5.56 Å². The molecule has 0 aromatic carbocycles. The topological polar surface area (TPSA) is 83.5 Å². The lowest BCUT2D eigenvalue weighted by atomic mass is 9.88. The van der Waals surface area contributed by atoms with E-state index in [1.165, 1.54) is 25.7 Å². The molecule has 4 rings (SSSR count). The van der Waals surface area contributed by atoms with Crippen LogP contribution in [-0.4, -0.2) is 19.5 Å². The molecule has 2 aliphatic rings. The maximum atomic E-state index is 12.0. The van der Waals surface area contributed by atoms with Crippen molar-refractivity contribution in [2.45, 2.75) is 51.5 Å². The van der Waals surface area contributed by atoms with Gasteiger partial charge in [-0.15, -0.1) is 0 Å². The summed E-state index contributed by atoms with van der Waals surface area (Å²) in [6.07, 6.45) is 5.89. The molecule has 6 nitrogen and oxygen atoms in total. The minimum atomic E-state index is -0.361. The molecule has 21 heavy (non-hydrogen) atoms. The summed E-state index contributed by atoms with van der Waals surface area (Å²) in [5.41, 5.74) is 0.244. The van der Waals surface area contributed by atoms with Crippen molar-refractivity contribution in [1.29, 1.82) is 0 Å². The van der Waals surface area contributed by atoms with Crippen molar-refractivity contribution in [3.05, 3.63) is 26.7 Å². The van der Waals surface area contributed by atoms with Gasteiger partial charge in [0, 0.05) is 12.5 Å². The van der Waals surface area contributed by atoms with Crippen LogP contribution in [-0.2, 0) is 6.54 Å². The van der Waals surface area contributed by atoms with Crippen molar-refractivity contribution >= 4 is 11.2 Å². The van der Waals surface area contributed by atoms with Crippen LogP contribution in [0.15, 0.2) is 9.59 Å². The lowest BCUT2D eigenvalue weighted by Gasteiger charge is -2.18. The molecule has 0 spiro atoms. The SMILES string of the molecule is CCCn1c(=O)[nH]c(=O)c2[nH]c(C3CC4CCC3C4)nc21. The third-order valence-corrected chi connectivity index (χ3v) is 5.19. The molecule has 0 amide bonds. The molecule has 2 aromatic rings. The maximum Gasteiger partial charge on any atom is 0.330 e. The number of aromatic nitrogens is 4. The first kappa shape index (κ1) is 12.9. The highest BCUT2D eigenvalue weighted by molar-refractivity contribution is 5.69. The number of rotatable bonds is 3. The monoisotopic (exact) mass is 288 g/mol. The van der Waals surface area contributed by atoms with E-state index in [1.54, 1.807) is 4.57 Å². The number of H-pyrrole nitrogens is 2. The first-order chi connectivity index (χ1) is 10.2. The summed E-state index contributed by atoms with van der Waals surface area (Å²) in [5.74, 6) is 2.85. The van der Waals surface area contributed by atoms with Gasteiger partial charge in [0.2, 0.25) is 0 Å². The van der Waals surface area contributed by atoms with E-state index in [4.69, 9.17) is 0 Å². The molecule has 2 aliphatic carbocycles. The first-order valence-corrected chi connectivity index (χ1v) is 7.90. The summed E-state index contributed by atoms with van der Waals surface area (Å²) >= 11 is 0. The molecule has 6 heteroatoms. The van der Waals surface area contributed by atoms with E-state index < -0.39 is 0 Å². The quantitative estimate of drug-likeness (QED) is 0.902. The van der Waals surface area contributed by atoms with Gasteiger partial charge in [0.15, 0.2) is 5.65 Å². The summed E-state index contributed by atoms with van der Waals surface area (Å²) in [4.78, 5) is 34.2. The molecule has 2 saturated carbocycles. The average molecular weight is 288 g/mol. The number of hydrogen-bond acceptors (Lipinski definition) is 3. The van der Waals surface area contributed by atoms with E-state index in [2.05, 4.69) is 15.0 Å². The highest BCUT2D eigenvalue weighted by Crippen LogP contribution is 2.52. The van der Waals surface area contributed by atoms with Gasteiger partial charge in [-0.3, -0.25) is 14.3 Å². The van der Waals surface area contributed by atoms with Crippen LogP contribution in [0.2, 0.25) is 0 Å². The molecule has 0 aliphatic heterocycles. The van der Waals surface area contributed by atoms with Gasteiger partial charge in [-0.1, -0.05) is 13.3 Å². The Labute approximate surface area is 121 Å². The predicted octanol–water partition coefficient (Wildman–Crippen LogP) is 1.73. The van der Waals surface area contributed by atoms with Gasteiger partial charge >= 0.3 is 5.69 Å². The second-order valence-corrected chi connectivity index (χ2v) is 6.51. The van der Waals surface area contributed by atoms with Gasteiger partial charge in [-0.2, -0.15) is 0 Å². The number of nitrogens with zero attached hydrogens (tertiary/aromatic N) is 2. The van der Waals surface area contributed by atoms with Gasteiger partial charge in [0.1, 0.15) is 11.3 Å². The molecule has 0 radical (unpaired) electrons. The molecule has 2 heterocycles. The van der Waals surface area contributed by atoms with E-state index in [1.807, 2.05) is 6.92 Å². The van der Waals surface area contributed by atoms with Crippen LogP contribution in [0.5, 0.6) is 0 Å². The number of aromatic amines is 2. The van der Waals surface area contributed by atoms with Crippen molar-refractivity contribution in [3.8, 4) is 0 Å². The molecule has 112 valence electrons. The summed E-state index contributed by atoms with van der Waals surface area (Å²) < 4.78 is 1.57. The minimum absolute atomic E-state index is 0.357. The van der Waals surface area contributed by atoms with Crippen LogP contribution in [0.25, 0.3) is 11.2 Å². The van der Waals surface area contributed by atoms with Crippen LogP contribution in [0.4, 0.5) is 0 Å². The number of hydrogen-bond donors (Lipinski definition) is 2. The molecule has 3 unspecified atom stereocenters. The molecular formula is C15H20N4O2. The molecule has 2 aromatic heterocycles. The van der Waals surface area contributed by atoms with Crippen LogP contribution < -0.4 is 11.2 Å². The first-order valence-electron chi connectivity index (χ1n) is 7.90. The number of imidazole rings is 1. The third kappa shape index (κ3) is 1.88. The zero-order valence-corrected chi connectivity index (χ0v) is 12.2. The summed E-state index contributed by atoms with van der Waals surface area (Å²) in [6, 6.07) is 0. The standard InChI is InChI=1S/C15H20N4O2/c1-2-5-19-13-11(14(20)18-15(19)21)16-12(17-13)10-7-8-3-4-9(10)6-8/h8-10H,2-7H2,1H3,(H,16,17)(H,18,20,21). The van der Waals surface area contributed by atoms with Crippen molar-refractivity contribution < 1.29 is 0 Å². The molecule has 2 N–H and O–H groups in total. The van der Waals surface area contributed by atoms with Crippen molar-refractivity contribution in [2.24, 2.45) is 11.8 Å². The van der Waals surface area contributed by atoms with E-state index >= 15 is 0 Å². The fourth-order valence-corrected chi connectivity index (χ4v) is 4.25. The second kappa shape index (κ2) is 4.58. The lowest BCUT2D eigenvalue weighted by Crippen LogP contribution is -2.30. The highest BCUT2D eigenvalue weighted by atomic mass is 16.2. The number of nitrogens with one attached hydrogen (secondary N) is 2. The predicted molar refractivity (Wildman–Crippen MR) is 79.5 cm³/mol. The fraction of sp³-hybridized carbons (Fsp3) is 0.667. The van der Waals surface area contributed by atoms with Gasteiger partial charge in [0.05, 0.1) is 0 Å². The largest absolute Gasteiger partial charge is 0.336 e. The van der Waals surface area contributed by atoms with E-state index in [0.29, 0.717) is 29.5 Å². The van der Waals surface area contributed by atoms with E-state index in [0.717, 1.165) is 18.2 Å². The zero-order valence-electron chi connectivity index (χ0n) is 12.2. The Morgan fingerprint density at radius 3 is 2.76 bits per heavy atom. The third-order valence-electron chi connectivity index (χ3n) is 5.19. The number of aryl methyl sites for hydroxylation is 1. The van der Waals surface area contributed by atoms with Crippen LogP contribution in [0.1, 0.15) is 50.8 Å². The highest BCUT2D eigenvalue weighted by Gasteiger charge is 2.41. The smallest absolute Gasteiger partial charge is 0.330 e. The molecule has 0 saturated heterocycles. The van der Waals surface area contributed by atoms with Gasteiger partial charge in [-0.25, -0.2) is 9.78 Å². The van der Waals surface area contributed by atoms with Crippen molar-refractivity contribution in [2.75, 3.05) is 0 Å². The van der Waals surface area contributed by atoms with Crippen LogP contribution >= 0.6 is 0 Å². The molecule has 3 atom stereocenters. The summed E-state index contributed by atoms with van der Waals surface area (Å²) in [5, 5.41) is 0. The van der Waals surface area contributed by atoms with Crippen molar-refractivity contribution in [3.63, 3.8) is 0 Å². The Morgan fingerprint density at radius 1 is 1.24 bits per heavy atom. The number of fused-ring (bicyclic) bond motifs is 3. The van der Waals surface area contributed by atoms with E-state index in [9.17, 15) is 9.59 Å². The Balaban J connectivity index is 1.86. The Morgan fingerprint density at radius 2 is 2.10 bits per heavy atom. The Kier molecular flexibility index (Phi) is 2.80. The normalized spacial score (nSPS) is 27.8. The zero-order chi connectivity index (χ0) is 14.6. The average Bonchev–Trinajstić information content (AvgIpc) is 3.16. The molecule has 2 fully saturated rings. The lowest BCUT2D eigenvalue weighted by molar-refractivity contribution is 0.408. The Bertz CT molecular complexity index is 800. The Hall–Kier alpha value is -1.85. The van der Waals surface area contributed by atoms with E-state index in [-0.39, 0.29) is 11.2 Å². The maximum absolute atomic E-state index is 12.0. The van der Waals surface area contributed by atoms with Gasteiger partial charge in [-0.05, 0) is 37.5 Å².